The number of hydrogen-bond acceptors (Lipinski definition) is 0. The number of rotatable bonds is 9. The molecule has 0 saturated heterocycles. The van der Waals surface area contributed by atoms with Crippen LogP contribution in [0.4, 0.5) is 0 Å². The molecule has 266 valence electrons. The van der Waals surface area contributed by atoms with Crippen LogP contribution in [0.5, 0.6) is 0 Å². The van der Waals surface area contributed by atoms with Gasteiger partial charge in [-0.05, 0) is 117 Å². The normalized spacial score (nSPS) is 16.8. The van der Waals surface area contributed by atoms with Gasteiger partial charge in [0, 0.05) is 16.2 Å². The van der Waals surface area contributed by atoms with Gasteiger partial charge in [0.25, 0.3) is 0 Å². The van der Waals surface area contributed by atoms with Gasteiger partial charge >= 0.3 is 0 Å². The highest BCUT2D eigenvalue weighted by Gasteiger charge is 2.35. The summed E-state index contributed by atoms with van der Waals surface area (Å²) >= 11 is 0. The number of aryl methyl sites for hydroxylation is 1. The van der Waals surface area contributed by atoms with Gasteiger partial charge in [-0.2, -0.15) is 0 Å². The van der Waals surface area contributed by atoms with Gasteiger partial charge < -0.3 is 0 Å². The fraction of sp³-hybridized carbons (Fsp3) is 0.231. The lowest BCUT2D eigenvalue weighted by molar-refractivity contribution is 0.625. The SMILES string of the molecule is C=C(c1ccc(P(c2ccc(C3=CC(C)=C(/C=C\C)C3(C)C)cc2)c2ccc(C3=Cc4ccccc4C3(C)C)cc2)cc1)C(C)(C)c1ccccc1C. The molecule has 0 radical (unpaired) electrons. The quantitative estimate of drug-likeness (QED) is 0.134. The van der Waals surface area contributed by atoms with Crippen LogP contribution in [-0.2, 0) is 10.8 Å². The van der Waals surface area contributed by atoms with Crippen molar-refractivity contribution in [3.05, 3.63) is 196 Å². The molecule has 1 heteroatoms. The zero-order chi connectivity index (χ0) is 37.7. The van der Waals surface area contributed by atoms with Crippen molar-refractivity contribution in [1.82, 2.24) is 0 Å². The Balaban J connectivity index is 1.25. The molecule has 0 aromatic heterocycles. The van der Waals surface area contributed by atoms with Crippen LogP contribution in [0.1, 0.15) is 94.3 Å². The van der Waals surface area contributed by atoms with E-state index in [1.807, 2.05) is 0 Å². The highest BCUT2D eigenvalue weighted by Crippen LogP contribution is 2.49. The maximum Gasteiger partial charge on any atom is 0.0158 e. The molecule has 0 aliphatic heterocycles. The molecule has 0 fully saturated rings. The lowest BCUT2D eigenvalue weighted by Crippen LogP contribution is -2.23. The molecule has 0 spiro atoms. The molecule has 0 heterocycles. The molecule has 2 aliphatic carbocycles. The van der Waals surface area contributed by atoms with E-state index in [2.05, 4.69) is 215 Å². The monoisotopic (exact) mass is 708 g/mol. The van der Waals surface area contributed by atoms with Crippen LogP contribution in [-0.4, -0.2) is 0 Å². The van der Waals surface area contributed by atoms with Gasteiger partial charge in [-0.25, -0.2) is 0 Å². The third-order valence-electron chi connectivity index (χ3n) is 12.0. The zero-order valence-corrected chi connectivity index (χ0v) is 33.9. The molecule has 1 atom stereocenters. The first-order valence-electron chi connectivity index (χ1n) is 19.0. The fourth-order valence-corrected chi connectivity index (χ4v) is 11.1. The first-order valence-corrected chi connectivity index (χ1v) is 20.3. The van der Waals surface area contributed by atoms with Gasteiger partial charge in [0.15, 0.2) is 0 Å². The summed E-state index contributed by atoms with van der Waals surface area (Å²) in [7, 11) is -0.812. The maximum absolute atomic E-state index is 4.65. The third kappa shape index (κ3) is 6.47. The number of benzene rings is 5. The van der Waals surface area contributed by atoms with E-state index in [1.54, 1.807) is 0 Å². The third-order valence-corrected chi connectivity index (χ3v) is 14.4. The van der Waals surface area contributed by atoms with Crippen molar-refractivity contribution < 1.29 is 0 Å². The topological polar surface area (TPSA) is 0 Å². The second-order valence-electron chi connectivity index (χ2n) is 16.4. The average Bonchev–Trinajstić information content (AvgIpc) is 3.56. The molecule has 53 heavy (non-hydrogen) atoms. The molecular formula is C52H53P. The zero-order valence-electron chi connectivity index (χ0n) is 33.0. The molecule has 0 saturated carbocycles. The fourth-order valence-electron chi connectivity index (χ4n) is 8.82. The molecule has 0 N–H and O–H groups in total. The lowest BCUT2D eigenvalue weighted by atomic mass is 9.74. The first kappa shape index (κ1) is 36.6. The van der Waals surface area contributed by atoms with Crippen molar-refractivity contribution in [3.63, 3.8) is 0 Å². The number of hydrogen-bond donors (Lipinski definition) is 0. The van der Waals surface area contributed by atoms with Gasteiger partial charge in [0.05, 0.1) is 0 Å². The van der Waals surface area contributed by atoms with Crippen LogP contribution in [0, 0.1) is 12.3 Å². The van der Waals surface area contributed by atoms with E-state index in [0.29, 0.717) is 0 Å². The molecule has 5 aromatic rings. The molecule has 0 amide bonds. The Morgan fingerprint density at radius 1 is 0.623 bits per heavy atom. The smallest absolute Gasteiger partial charge is 0.0158 e. The Labute approximate surface area is 320 Å². The van der Waals surface area contributed by atoms with E-state index in [1.165, 1.54) is 77.2 Å². The summed E-state index contributed by atoms with van der Waals surface area (Å²) in [5.74, 6) is 0. The van der Waals surface area contributed by atoms with Crippen molar-refractivity contribution in [2.75, 3.05) is 0 Å². The van der Waals surface area contributed by atoms with E-state index in [4.69, 9.17) is 0 Å². The minimum Gasteiger partial charge on any atom is -0.0943 e. The minimum atomic E-state index is -0.812. The summed E-state index contributed by atoms with van der Waals surface area (Å²) in [5.41, 5.74) is 15.5. The van der Waals surface area contributed by atoms with Crippen molar-refractivity contribution in [3.8, 4) is 0 Å². The van der Waals surface area contributed by atoms with E-state index in [0.717, 1.165) is 5.57 Å². The highest BCUT2D eigenvalue weighted by atomic mass is 31.1. The van der Waals surface area contributed by atoms with Crippen LogP contribution in [0.3, 0.4) is 0 Å². The molecule has 1 unspecified atom stereocenters. The highest BCUT2D eigenvalue weighted by molar-refractivity contribution is 7.79. The summed E-state index contributed by atoms with van der Waals surface area (Å²) in [5, 5.41) is 4.04. The predicted octanol–water partition coefficient (Wildman–Crippen LogP) is 12.9. The lowest BCUT2D eigenvalue weighted by Gasteiger charge is -2.30. The van der Waals surface area contributed by atoms with Gasteiger partial charge in [0.2, 0.25) is 0 Å². The largest absolute Gasteiger partial charge is 0.0943 e. The van der Waals surface area contributed by atoms with Crippen molar-refractivity contribution in [2.45, 2.75) is 73.1 Å². The molecule has 2 aliphatic rings. The van der Waals surface area contributed by atoms with Crippen LogP contribution in [0.25, 0.3) is 22.8 Å². The van der Waals surface area contributed by atoms with Crippen molar-refractivity contribution in [2.24, 2.45) is 5.41 Å². The molecule has 0 bridgehead atoms. The second kappa shape index (κ2) is 13.9. The Bertz CT molecular complexity index is 2310. The number of allylic oxidation sites excluding steroid dienone is 8. The summed E-state index contributed by atoms with van der Waals surface area (Å²) in [4.78, 5) is 0. The molecule has 7 rings (SSSR count). The number of fused-ring (bicyclic) bond motifs is 1. The summed E-state index contributed by atoms with van der Waals surface area (Å²) in [6, 6.07) is 45.7. The molecular weight excluding hydrogens is 656 g/mol. The van der Waals surface area contributed by atoms with Crippen molar-refractivity contribution in [1.29, 1.82) is 0 Å². The Hall–Kier alpha value is -4.77. The summed E-state index contributed by atoms with van der Waals surface area (Å²) in [6.07, 6.45) is 9.20. The Morgan fingerprint density at radius 3 is 1.68 bits per heavy atom. The van der Waals surface area contributed by atoms with Gasteiger partial charge in [-0.3, -0.25) is 0 Å². The van der Waals surface area contributed by atoms with E-state index in [9.17, 15) is 0 Å². The minimum absolute atomic E-state index is 0.0360. The van der Waals surface area contributed by atoms with E-state index in [-0.39, 0.29) is 16.2 Å². The average molecular weight is 709 g/mol. The second-order valence-corrected chi connectivity index (χ2v) is 18.7. The summed E-state index contributed by atoms with van der Waals surface area (Å²) < 4.78 is 0. The van der Waals surface area contributed by atoms with Crippen molar-refractivity contribution >= 4 is 46.6 Å². The van der Waals surface area contributed by atoms with Gasteiger partial charge in [-0.15, -0.1) is 0 Å². The van der Waals surface area contributed by atoms with Gasteiger partial charge in [-0.1, -0.05) is 188 Å². The Kier molecular flexibility index (Phi) is 9.59. The summed E-state index contributed by atoms with van der Waals surface area (Å²) in [6.45, 7) is 25.2. The van der Waals surface area contributed by atoms with Crippen LogP contribution >= 0.6 is 7.92 Å². The van der Waals surface area contributed by atoms with Crippen LogP contribution in [0.15, 0.2) is 157 Å². The van der Waals surface area contributed by atoms with Crippen LogP contribution in [0.2, 0.25) is 0 Å². The standard InChI is InChI=1S/C52H53P/c1-11-16-45-36(3)33-48(51(45,7)8)39-23-29-43(30-24-39)53(42-27-21-38(22-28-42)37(4)50(5,6)46-19-14-12-17-35(46)2)44-31-25-40(26-32-44)49-34-41-18-13-15-20-47(41)52(49,9)10/h11-34H,4H2,1-3,5-10H3/b16-11-. The predicted molar refractivity (Wildman–Crippen MR) is 235 cm³/mol. The molecule has 0 nitrogen and oxygen atoms in total. The Morgan fingerprint density at radius 2 is 1.13 bits per heavy atom. The first-order chi connectivity index (χ1) is 25.2. The maximum atomic E-state index is 4.65. The van der Waals surface area contributed by atoms with Gasteiger partial charge in [0.1, 0.15) is 0 Å². The molecule has 5 aromatic carbocycles. The van der Waals surface area contributed by atoms with Crippen LogP contribution < -0.4 is 15.9 Å². The van der Waals surface area contributed by atoms with E-state index >= 15 is 0 Å². The van der Waals surface area contributed by atoms with E-state index < -0.39 is 7.92 Å².